The van der Waals surface area contributed by atoms with Gasteiger partial charge in [0, 0.05) is 39.3 Å². The molecule has 0 unspecified atom stereocenters. The highest BCUT2D eigenvalue weighted by molar-refractivity contribution is 7.89. The zero-order valence-electron chi connectivity index (χ0n) is 15.4. The van der Waals surface area contributed by atoms with Crippen molar-refractivity contribution in [3.8, 4) is 0 Å². The first kappa shape index (κ1) is 21.8. The van der Waals surface area contributed by atoms with Gasteiger partial charge in [0.25, 0.3) is 5.91 Å². The van der Waals surface area contributed by atoms with Crippen LogP contribution in [0, 0.1) is 0 Å². The average Bonchev–Trinajstić information content (AvgIpc) is 3.22. The first-order valence-corrected chi connectivity index (χ1v) is 11.3. The molecule has 0 bridgehead atoms. The second-order valence-corrected chi connectivity index (χ2v) is 9.25. The molecule has 0 saturated carbocycles. The van der Waals surface area contributed by atoms with E-state index >= 15 is 0 Å². The van der Waals surface area contributed by atoms with Gasteiger partial charge in [0.1, 0.15) is 0 Å². The second-order valence-electron chi connectivity index (χ2n) is 6.53. The minimum absolute atomic E-state index is 0.00246. The number of nitrogens with zero attached hydrogens (tertiary/aromatic N) is 2. The maximum absolute atomic E-state index is 12.6. The van der Waals surface area contributed by atoms with Gasteiger partial charge in [0.15, 0.2) is 0 Å². The van der Waals surface area contributed by atoms with Crippen LogP contribution in [-0.4, -0.2) is 63.4 Å². The Hall–Kier alpha value is -1.95. The number of carbonyl (C=O) groups is 1. The minimum atomic E-state index is -4.51. The van der Waals surface area contributed by atoms with Gasteiger partial charge in [-0.2, -0.15) is 13.2 Å². The predicted octanol–water partition coefficient (Wildman–Crippen LogP) is 2.50. The van der Waals surface area contributed by atoms with Gasteiger partial charge in [-0.15, -0.1) is 11.3 Å². The summed E-state index contributed by atoms with van der Waals surface area (Å²) in [7, 11) is -3.88. The Bertz CT molecular complexity index is 922. The van der Waals surface area contributed by atoms with Crippen LogP contribution in [0.15, 0.2) is 46.7 Å². The van der Waals surface area contributed by atoms with Crippen molar-refractivity contribution >= 4 is 27.3 Å². The normalized spacial score (nSPS) is 16.2. The fourth-order valence-electron chi connectivity index (χ4n) is 2.98. The number of amides is 1. The van der Waals surface area contributed by atoms with E-state index in [-0.39, 0.29) is 17.3 Å². The lowest BCUT2D eigenvalue weighted by Crippen LogP contribution is -2.50. The molecule has 1 aliphatic heterocycles. The number of carbonyl (C=O) groups excluding carboxylic acids is 1. The van der Waals surface area contributed by atoms with E-state index in [1.54, 1.807) is 11.0 Å². The highest BCUT2D eigenvalue weighted by Crippen LogP contribution is 2.29. The number of halogens is 3. The van der Waals surface area contributed by atoms with Crippen LogP contribution in [0.4, 0.5) is 13.2 Å². The van der Waals surface area contributed by atoms with Gasteiger partial charge in [0.2, 0.25) is 10.0 Å². The van der Waals surface area contributed by atoms with E-state index < -0.39 is 21.8 Å². The molecule has 1 amide bonds. The monoisotopic (exact) mass is 447 g/mol. The lowest BCUT2D eigenvalue weighted by molar-refractivity contribution is -0.137. The van der Waals surface area contributed by atoms with Crippen LogP contribution in [0.2, 0.25) is 0 Å². The largest absolute Gasteiger partial charge is 0.416 e. The Labute approximate surface area is 171 Å². The number of sulfonamides is 1. The molecular formula is C18H20F3N3O3S2. The fourth-order valence-corrected chi connectivity index (χ4v) is 4.69. The van der Waals surface area contributed by atoms with Crippen molar-refractivity contribution in [3.63, 3.8) is 0 Å². The van der Waals surface area contributed by atoms with Crippen molar-refractivity contribution in [1.82, 2.24) is 14.5 Å². The fraction of sp³-hybridized carbons (Fsp3) is 0.389. The highest BCUT2D eigenvalue weighted by atomic mass is 32.2. The molecule has 0 spiro atoms. The Kier molecular flexibility index (Phi) is 6.62. The molecule has 6 nitrogen and oxygen atoms in total. The third-order valence-corrected chi connectivity index (χ3v) is 6.94. The van der Waals surface area contributed by atoms with Crippen LogP contribution in [0.1, 0.15) is 15.2 Å². The number of piperazine rings is 1. The van der Waals surface area contributed by atoms with Crippen molar-refractivity contribution < 1.29 is 26.4 Å². The van der Waals surface area contributed by atoms with E-state index in [1.165, 1.54) is 11.3 Å². The summed E-state index contributed by atoms with van der Waals surface area (Å²) in [6.45, 7) is 2.94. The molecule has 1 aromatic carbocycles. The van der Waals surface area contributed by atoms with Gasteiger partial charge in [-0.05, 0) is 35.7 Å². The maximum Gasteiger partial charge on any atom is 0.416 e. The van der Waals surface area contributed by atoms with E-state index in [4.69, 9.17) is 0 Å². The number of hydrogen-bond donors (Lipinski definition) is 1. The standard InChI is InChI=1S/C18H20F3N3O3S2/c19-18(20,21)14-3-5-15(6-4-14)29(26,27)22-7-8-23-9-11-24(12-10-23)17(25)16-2-1-13-28-16/h1-6,13,22H,7-12H2. The lowest BCUT2D eigenvalue weighted by Gasteiger charge is -2.34. The third-order valence-electron chi connectivity index (χ3n) is 4.60. The minimum Gasteiger partial charge on any atom is -0.335 e. The quantitative estimate of drug-likeness (QED) is 0.739. The average molecular weight is 448 g/mol. The molecule has 0 radical (unpaired) electrons. The van der Waals surface area contributed by atoms with Gasteiger partial charge in [-0.25, -0.2) is 13.1 Å². The van der Waals surface area contributed by atoms with Gasteiger partial charge >= 0.3 is 6.18 Å². The number of rotatable bonds is 6. The first-order valence-electron chi connectivity index (χ1n) is 8.89. The van der Waals surface area contributed by atoms with Crippen molar-refractivity contribution in [2.75, 3.05) is 39.3 Å². The molecule has 1 fully saturated rings. The van der Waals surface area contributed by atoms with E-state index in [0.29, 0.717) is 37.6 Å². The number of hydrogen-bond acceptors (Lipinski definition) is 5. The lowest BCUT2D eigenvalue weighted by atomic mass is 10.2. The molecule has 0 aliphatic carbocycles. The van der Waals surface area contributed by atoms with Gasteiger partial charge in [0.05, 0.1) is 15.3 Å². The number of thiophene rings is 1. The van der Waals surface area contributed by atoms with Crippen LogP contribution >= 0.6 is 11.3 Å². The summed E-state index contributed by atoms with van der Waals surface area (Å²) in [5, 5.41) is 1.85. The topological polar surface area (TPSA) is 69.7 Å². The number of benzene rings is 1. The second kappa shape index (κ2) is 8.82. The van der Waals surface area contributed by atoms with Crippen molar-refractivity contribution in [2.45, 2.75) is 11.1 Å². The van der Waals surface area contributed by atoms with E-state index in [9.17, 15) is 26.4 Å². The number of nitrogens with one attached hydrogen (secondary N) is 1. The van der Waals surface area contributed by atoms with Crippen molar-refractivity contribution in [3.05, 3.63) is 52.2 Å². The van der Waals surface area contributed by atoms with Gasteiger partial charge in [-0.1, -0.05) is 6.07 Å². The van der Waals surface area contributed by atoms with Crippen LogP contribution in [0.25, 0.3) is 0 Å². The maximum atomic E-state index is 12.6. The van der Waals surface area contributed by atoms with Crippen LogP contribution in [0.3, 0.4) is 0 Å². The molecule has 158 valence electrons. The van der Waals surface area contributed by atoms with Gasteiger partial charge < -0.3 is 4.90 Å². The summed E-state index contributed by atoms with van der Waals surface area (Å²) in [6.07, 6.45) is -4.51. The summed E-state index contributed by atoms with van der Waals surface area (Å²) in [6, 6.07) is 7.00. The molecule has 3 rings (SSSR count). The Morgan fingerprint density at radius 3 is 2.28 bits per heavy atom. The molecule has 2 aromatic rings. The molecular weight excluding hydrogens is 427 g/mol. The predicted molar refractivity (Wildman–Crippen MR) is 103 cm³/mol. The summed E-state index contributed by atoms with van der Waals surface area (Å²) < 4.78 is 64.7. The molecule has 0 atom stereocenters. The van der Waals surface area contributed by atoms with Crippen molar-refractivity contribution in [1.29, 1.82) is 0 Å². The molecule has 11 heteroatoms. The summed E-state index contributed by atoms with van der Waals surface area (Å²) >= 11 is 1.40. The highest BCUT2D eigenvalue weighted by Gasteiger charge is 2.30. The summed E-state index contributed by atoms with van der Waals surface area (Å²) in [4.78, 5) is 16.6. The van der Waals surface area contributed by atoms with Crippen molar-refractivity contribution in [2.24, 2.45) is 0 Å². The first-order chi connectivity index (χ1) is 13.7. The zero-order chi connectivity index (χ0) is 21.1. The molecule has 1 N–H and O–H groups in total. The summed E-state index contributed by atoms with van der Waals surface area (Å²) in [5.74, 6) is 0.00246. The van der Waals surface area contributed by atoms with Gasteiger partial charge in [-0.3, -0.25) is 9.69 Å². The molecule has 1 aliphatic rings. The number of alkyl halides is 3. The van der Waals surface area contributed by atoms with Crippen LogP contribution in [0.5, 0.6) is 0 Å². The molecule has 1 aromatic heterocycles. The van der Waals surface area contributed by atoms with E-state index in [2.05, 4.69) is 4.72 Å². The molecule has 2 heterocycles. The third kappa shape index (κ3) is 5.56. The molecule has 29 heavy (non-hydrogen) atoms. The Balaban J connectivity index is 1.46. The SMILES string of the molecule is O=C(c1cccs1)N1CCN(CCNS(=O)(=O)c2ccc(C(F)(F)F)cc2)CC1. The zero-order valence-corrected chi connectivity index (χ0v) is 17.0. The Morgan fingerprint density at radius 2 is 1.72 bits per heavy atom. The smallest absolute Gasteiger partial charge is 0.335 e. The Morgan fingerprint density at radius 1 is 1.07 bits per heavy atom. The molecule has 1 saturated heterocycles. The van der Waals surface area contributed by atoms with Crippen LogP contribution < -0.4 is 4.72 Å². The summed E-state index contributed by atoms with van der Waals surface area (Å²) in [5.41, 5.74) is -0.897. The van der Waals surface area contributed by atoms with E-state index in [0.717, 1.165) is 24.3 Å². The van der Waals surface area contributed by atoms with Crippen LogP contribution in [-0.2, 0) is 16.2 Å². The van der Waals surface area contributed by atoms with E-state index in [1.807, 2.05) is 16.3 Å².